The molecule has 0 radical (unpaired) electrons. The first-order valence-corrected chi connectivity index (χ1v) is 8.07. The molecule has 2 aromatic carbocycles. The zero-order chi connectivity index (χ0) is 14.3. The van der Waals surface area contributed by atoms with Gasteiger partial charge in [0.05, 0.1) is 22.3 Å². The first-order valence-electron chi connectivity index (χ1n) is 6.23. The molecule has 102 valence electrons. The fraction of sp³-hybridized carbons (Fsp3) is 0.188. The number of fused-ring (bicyclic) bond motifs is 3. The van der Waals surface area contributed by atoms with Crippen molar-refractivity contribution < 1.29 is 9.53 Å². The van der Waals surface area contributed by atoms with Gasteiger partial charge < -0.3 is 4.74 Å². The van der Waals surface area contributed by atoms with Gasteiger partial charge in [0, 0.05) is 0 Å². The number of methoxy groups -OCH3 is 1. The van der Waals surface area contributed by atoms with E-state index in [1.54, 1.807) is 0 Å². The Morgan fingerprint density at radius 3 is 2.45 bits per heavy atom. The van der Waals surface area contributed by atoms with E-state index in [0.29, 0.717) is 5.56 Å². The van der Waals surface area contributed by atoms with Crippen LogP contribution < -0.4 is 0 Å². The summed E-state index contributed by atoms with van der Waals surface area (Å²) in [5.74, 6) is -0.301. The van der Waals surface area contributed by atoms with Crippen molar-refractivity contribution in [3.05, 3.63) is 59.2 Å². The zero-order valence-corrected chi connectivity index (χ0v) is 13.9. The smallest absolute Gasteiger partial charge is 0.338 e. The first-order chi connectivity index (χ1) is 9.65. The second-order valence-electron chi connectivity index (χ2n) is 4.65. The van der Waals surface area contributed by atoms with Crippen LogP contribution in [0.4, 0.5) is 0 Å². The van der Waals surface area contributed by atoms with E-state index >= 15 is 0 Å². The molecular formula is C16H12Br2O2. The van der Waals surface area contributed by atoms with Crippen LogP contribution in [0, 0.1) is 0 Å². The Labute approximate surface area is 134 Å². The van der Waals surface area contributed by atoms with Crippen molar-refractivity contribution in [1.82, 2.24) is 0 Å². The number of carbonyl (C=O) groups excluding carboxylic acids is 1. The predicted octanol–water partition coefficient (Wildman–Crippen LogP) is 5.03. The van der Waals surface area contributed by atoms with Crippen molar-refractivity contribution in [3.63, 3.8) is 0 Å². The molecule has 4 heteroatoms. The van der Waals surface area contributed by atoms with Gasteiger partial charge in [-0.15, -0.1) is 0 Å². The third kappa shape index (κ3) is 2.02. The van der Waals surface area contributed by atoms with Gasteiger partial charge in [0.1, 0.15) is 0 Å². The van der Waals surface area contributed by atoms with E-state index in [2.05, 4.69) is 44.0 Å². The molecule has 0 saturated heterocycles. The standard InChI is InChI=1S/C16H12Br2O2/c1-20-16(19)12-8-4-7-10-9-5-2-3-6-11(9)14(17)15(18)13(10)12/h2-8,14-15H,1H3/t14-,15-/m1/s1. The molecule has 1 aliphatic rings. The molecule has 1 aliphatic carbocycles. The third-order valence-corrected chi connectivity index (χ3v) is 6.31. The quantitative estimate of drug-likeness (QED) is 0.500. The third-order valence-electron chi connectivity index (χ3n) is 3.59. The highest BCUT2D eigenvalue weighted by molar-refractivity contribution is 9.12. The number of hydrogen-bond donors (Lipinski definition) is 0. The fourth-order valence-corrected chi connectivity index (χ4v) is 4.11. The van der Waals surface area contributed by atoms with Crippen molar-refractivity contribution in [1.29, 1.82) is 0 Å². The number of hydrogen-bond acceptors (Lipinski definition) is 2. The maximum absolute atomic E-state index is 12.0. The molecule has 0 aromatic heterocycles. The monoisotopic (exact) mass is 394 g/mol. The Morgan fingerprint density at radius 1 is 1.00 bits per heavy atom. The van der Waals surface area contributed by atoms with Crippen molar-refractivity contribution in [2.45, 2.75) is 9.65 Å². The van der Waals surface area contributed by atoms with Crippen molar-refractivity contribution in [3.8, 4) is 11.1 Å². The van der Waals surface area contributed by atoms with Crippen LogP contribution in [0.1, 0.15) is 31.1 Å². The van der Waals surface area contributed by atoms with Crippen LogP contribution in [0.15, 0.2) is 42.5 Å². The maximum Gasteiger partial charge on any atom is 0.338 e. The van der Waals surface area contributed by atoms with Gasteiger partial charge in [0.2, 0.25) is 0 Å². The Balaban J connectivity index is 2.31. The topological polar surface area (TPSA) is 26.3 Å². The van der Waals surface area contributed by atoms with E-state index in [9.17, 15) is 4.79 Å². The van der Waals surface area contributed by atoms with Crippen LogP contribution in [0.5, 0.6) is 0 Å². The van der Waals surface area contributed by atoms with Gasteiger partial charge >= 0.3 is 5.97 Å². The maximum atomic E-state index is 12.0. The minimum absolute atomic E-state index is 0.0303. The summed E-state index contributed by atoms with van der Waals surface area (Å²) in [5, 5.41) is 0. The van der Waals surface area contributed by atoms with Gasteiger partial charge in [-0.2, -0.15) is 0 Å². The van der Waals surface area contributed by atoms with E-state index in [4.69, 9.17) is 4.74 Å². The number of halogens is 2. The summed E-state index contributed by atoms with van der Waals surface area (Å²) in [6.07, 6.45) is 0. The summed E-state index contributed by atoms with van der Waals surface area (Å²) in [7, 11) is 1.41. The second kappa shape index (κ2) is 5.34. The van der Waals surface area contributed by atoms with E-state index in [1.165, 1.54) is 12.7 Å². The second-order valence-corrected chi connectivity index (χ2v) is 6.62. The van der Waals surface area contributed by atoms with E-state index < -0.39 is 0 Å². The van der Waals surface area contributed by atoms with Crippen LogP contribution in [0.25, 0.3) is 11.1 Å². The molecule has 0 spiro atoms. The Hall–Kier alpha value is -1.13. The number of esters is 1. The minimum Gasteiger partial charge on any atom is -0.465 e. The normalized spacial score (nSPS) is 19.9. The molecular weight excluding hydrogens is 384 g/mol. The van der Waals surface area contributed by atoms with Crippen LogP contribution in [-0.2, 0) is 4.74 Å². The molecule has 2 aromatic rings. The molecule has 20 heavy (non-hydrogen) atoms. The Bertz CT molecular complexity index is 682. The molecule has 0 saturated carbocycles. The predicted molar refractivity (Wildman–Crippen MR) is 86.6 cm³/mol. The molecule has 0 aliphatic heterocycles. The molecule has 0 N–H and O–H groups in total. The molecule has 0 bridgehead atoms. The molecule has 0 unspecified atom stereocenters. The highest BCUT2D eigenvalue weighted by atomic mass is 79.9. The lowest BCUT2D eigenvalue weighted by molar-refractivity contribution is 0.0599. The van der Waals surface area contributed by atoms with E-state index in [0.717, 1.165) is 16.7 Å². The molecule has 0 amide bonds. The number of rotatable bonds is 1. The lowest BCUT2D eigenvalue weighted by Crippen LogP contribution is -2.15. The largest absolute Gasteiger partial charge is 0.465 e. The van der Waals surface area contributed by atoms with Crippen LogP contribution in [-0.4, -0.2) is 13.1 Å². The van der Waals surface area contributed by atoms with Gasteiger partial charge in [-0.1, -0.05) is 68.3 Å². The Morgan fingerprint density at radius 2 is 1.70 bits per heavy atom. The summed E-state index contributed by atoms with van der Waals surface area (Å²) in [6.45, 7) is 0. The minimum atomic E-state index is -0.301. The van der Waals surface area contributed by atoms with Crippen LogP contribution in [0.2, 0.25) is 0 Å². The first kappa shape index (κ1) is 13.8. The van der Waals surface area contributed by atoms with Gasteiger partial charge in [0.15, 0.2) is 0 Å². The van der Waals surface area contributed by atoms with E-state index in [1.807, 2.05) is 30.3 Å². The summed E-state index contributed by atoms with van der Waals surface area (Å²) in [5.41, 5.74) is 5.07. The highest BCUT2D eigenvalue weighted by Gasteiger charge is 2.33. The highest BCUT2D eigenvalue weighted by Crippen LogP contribution is 2.53. The fourth-order valence-electron chi connectivity index (χ4n) is 2.67. The number of benzene rings is 2. The van der Waals surface area contributed by atoms with Crippen LogP contribution >= 0.6 is 31.9 Å². The Kier molecular flexibility index (Phi) is 3.69. The molecule has 3 rings (SSSR count). The van der Waals surface area contributed by atoms with Crippen molar-refractivity contribution in [2.24, 2.45) is 0 Å². The summed E-state index contributed by atoms with van der Waals surface area (Å²) >= 11 is 7.44. The average Bonchev–Trinajstić information content (AvgIpc) is 2.51. The number of alkyl halides is 2. The van der Waals surface area contributed by atoms with Crippen molar-refractivity contribution >= 4 is 37.8 Å². The summed E-state index contributed by atoms with van der Waals surface area (Å²) in [6, 6.07) is 14.0. The van der Waals surface area contributed by atoms with Gasteiger partial charge in [-0.05, 0) is 28.3 Å². The lowest BCUT2D eigenvalue weighted by atomic mass is 9.83. The van der Waals surface area contributed by atoms with E-state index in [-0.39, 0.29) is 15.6 Å². The molecule has 2 nitrogen and oxygen atoms in total. The zero-order valence-electron chi connectivity index (χ0n) is 10.8. The SMILES string of the molecule is COC(=O)c1cccc2c1[C@@H](Br)[C@H](Br)c1ccccc1-2. The lowest BCUT2D eigenvalue weighted by Gasteiger charge is -2.30. The molecule has 2 atom stereocenters. The number of ether oxygens (including phenoxy) is 1. The van der Waals surface area contributed by atoms with Gasteiger partial charge in [0.25, 0.3) is 0 Å². The number of carbonyl (C=O) groups is 1. The molecule has 0 fully saturated rings. The summed E-state index contributed by atoms with van der Waals surface area (Å²) < 4.78 is 4.90. The van der Waals surface area contributed by atoms with Crippen LogP contribution in [0.3, 0.4) is 0 Å². The summed E-state index contributed by atoms with van der Waals surface area (Å²) in [4.78, 5) is 12.1. The van der Waals surface area contributed by atoms with Gasteiger partial charge in [-0.3, -0.25) is 0 Å². The van der Waals surface area contributed by atoms with Gasteiger partial charge in [-0.25, -0.2) is 4.79 Å². The average molecular weight is 396 g/mol. The van der Waals surface area contributed by atoms with Crippen molar-refractivity contribution in [2.75, 3.05) is 7.11 Å². The molecule has 0 heterocycles.